The summed E-state index contributed by atoms with van der Waals surface area (Å²) in [5.41, 5.74) is 7.21. The normalized spacial score (nSPS) is 11.3. The van der Waals surface area contributed by atoms with Crippen molar-refractivity contribution in [2.45, 2.75) is 17.2 Å². The molecule has 0 saturated heterocycles. The van der Waals surface area contributed by atoms with E-state index in [0.29, 0.717) is 12.3 Å². The van der Waals surface area contributed by atoms with Crippen molar-refractivity contribution in [3.63, 3.8) is 0 Å². The minimum atomic E-state index is -3.45. The zero-order valence-corrected chi connectivity index (χ0v) is 12.1. The summed E-state index contributed by atoms with van der Waals surface area (Å²) in [6, 6.07) is 13.9. The molecule has 0 amide bonds. The topological polar surface area (TPSA) is 69.4 Å². The smallest absolute Gasteiger partial charge is 0.186 e. The van der Waals surface area contributed by atoms with Crippen LogP contribution in [0.5, 0.6) is 5.75 Å². The molecule has 106 valence electrons. The average molecular weight is 291 g/mol. The zero-order valence-electron chi connectivity index (χ0n) is 11.2. The van der Waals surface area contributed by atoms with E-state index in [1.165, 1.54) is 7.11 Å². The summed E-state index contributed by atoms with van der Waals surface area (Å²) in [7, 11) is -1.99. The highest BCUT2D eigenvalue weighted by molar-refractivity contribution is 7.90. The van der Waals surface area contributed by atoms with Crippen LogP contribution in [0.15, 0.2) is 53.4 Å². The Morgan fingerprint density at radius 1 is 1.05 bits per heavy atom. The Hall–Kier alpha value is -1.85. The number of hydrogen-bond donors (Lipinski definition) is 1. The first-order valence-corrected chi connectivity index (χ1v) is 7.85. The van der Waals surface area contributed by atoms with E-state index in [1.807, 2.05) is 18.2 Å². The van der Waals surface area contributed by atoms with Crippen molar-refractivity contribution in [3.05, 3.63) is 59.7 Å². The van der Waals surface area contributed by atoms with Crippen LogP contribution in [-0.2, 0) is 22.1 Å². The molecule has 0 spiro atoms. The lowest BCUT2D eigenvalue weighted by Crippen LogP contribution is -2.07. The fourth-order valence-electron chi connectivity index (χ4n) is 2.02. The van der Waals surface area contributed by atoms with Gasteiger partial charge in [-0.25, -0.2) is 8.42 Å². The number of benzene rings is 2. The Bertz CT molecular complexity index is 696. The van der Waals surface area contributed by atoms with E-state index in [4.69, 9.17) is 10.5 Å². The van der Waals surface area contributed by atoms with Gasteiger partial charge >= 0.3 is 0 Å². The van der Waals surface area contributed by atoms with Crippen LogP contribution in [0.25, 0.3) is 0 Å². The second-order valence-electron chi connectivity index (χ2n) is 4.43. The van der Waals surface area contributed by atoms with Gasteiger partial charge in [0.25, 0.3) is 0 Å². The quantitative estimate of drug-likeness (QED) is 0.916. The van der Waals surface area contributed by atoms with Crippen LogP contribution in [0.2, 0.25) is 0 Å². The standard InChI is InChI=1S/C15H17NO3S/c1-19-14-7-2-3-8-15(14)20(17,18)11-13-6-4-5-12(9-13)10-16/h2-9H,10-11,16H2,1H3. The zero-order chi connectivity index (χ0) is 14.6. The fraction of sp³-hybridized carbons (Fsp3) is 0.200. The molecule has 0 fully saturated rings. The van der Waals surface area contributed by atoms with Gasteiger partial charge < -0.3 is 10.5 Å². The van der Waals surface area contributed by atoms with Gasteiger partial charge in [-0.3, -0.25) is 0 Å². The molecule has 4 nitrogen and oxygen atoms in total. The van der Waals surface area contributed by atoms with Crippen LogP contribution in [0.1, 0.15) is 11.1 Å². The number of nitrogens with two attached hydrogens (primary N) is 1. The first-order valence-electron chi connectivity index (χ1n) is 6.20. The SMILES string of the molecule is COc1ccccc1S(=O)(=O)Cc1cccc(CN)c1. The van der Waals surface area contributed by atoms with E-state index in [0.717, 1.165) is 11.1 Å². The maximum Gasteiger partial charge on any atom is 0.186 e. The molecular weight excluding hydrogens is 274 g/mol. The molecule has 0 bridgehead atoms. The van der Waals surface area contributed by atoms with Gasteiger partial charge in [0, 0.05) is 6.54 Å². The summed E-state index contributed by atoms with van der Waals surface area (Å²) < 4.78 is 30.1. The highest BCUT2D eigenvalue weighted by atomic mass is 32.2. The van der Waals surface area contributed by atoms with Crippen LogP contribution in [0.4, 0.5) is 0 Å². The number of para-hydroxylation sites is 1. The van der Waals surface area contributed by atoms with Gasteiger partial charge in [-0.05, 0) is 23.3 Å². The molecular formula is C15H17NO3S. The van der Waals surface area contributed by atoms with Crippen molar-refractivity contribution in [1.82, 2.24) is 0 Å². The van der Waals surface area contributed by atoms with E-state index in [-0.39, 0.29) is 10.6 Å². The van der Waals surface area contributed by atoms with E-state index in [2.05, 4.69) is 0 Å². The third-order valence-electron chi connectivity index (χ3n) is 2.99. The fourth-order valence-corrected chi connectivity index (χ4v) is 3.54. The van der Waals surface area contributed by atoms with Crippen molar-refractivity contribution >= 4 is 9.84 Å². The molecule has 0 radical (unpaired) electrons. The van der Waals surface area contributed by atoms with Crippen LogP contribution in [0.3, 0.4) is 0 Å². The van der Waals surface area contributed by atoms with Crippen LogP contribution in [0, 0.1) is 0 Å². The number of sulfone groups is 1. The molecule has 0 aliphatic heterocycles. The molecule has 2 rings (SSSR count). The van der Waals surface area contributed by atoms with Crippen molar-refractivity contribution in [2.24, 2.45) is 5.73 Å². The molecule has 0 unspecified atom stereocenters. The largest absolute Gasteiger partial charge is 0.495 e. The summed E-state index contributed by atoms with van der Waals surface area (Å²) >= 11 is 0. The minimum absolute atomic E-state index is 0.0682. The van der Waals surface area contributed by atoms with Crippen LogP contribution in [-0.4, -0.2) is 15.5 Å². The molecule has 2 aromatic carbocycles. The van der Waals surface area contributed by atoms with Crippen molar-refractivity contribution in [2.75, 3.05) is 7.11 Å². The summed E-state index contributed by atoms with van der Waals surface area (Å²) in [4.78, 5) is 0.209. The van der Waals surface area contributed by atoms with Crippen LogP contribution >= 0.6 is 0 Å². The maximum absolute atomic E-state index is 12.5. The second kappa shape index (κ2) is 6.07. The van der Waals surface area contributed by atoms with Crippen molar-refractivity contribution in [3.8, 4) is 5.75 Å². The van der Waals surface area contributed by atoms with Gasteiger partial charge in [-0.1, -0.05) is 36.4 Å². The molecule has 2 aromatic rings. The molecule has 0 heterocycles. The van der Waals surface area contributed by atoms with Gasteiger partial charge in [-0.15, -0.1) is 0 Å². The van der Waals surface area contributed by atoms with E-state index in [1.54, 1.807) is 30.3 Å². The molecule has 0 atom stereocenters. The van der Waals surface area contributed by atoms with E-state index < -0.39 is 9.84 Å². The lowest BCUT2D eigenvalue weighted by atomic mass is 10.1. The van der Waals surface area contributed by atoms with Crippen molar-refractivity contribution in [1.29, 1.82) is 0 Å². The molecule has 0 saturated carbocycles. The predicted octanol–water partition coefficient (Wildman–Crippen LogP) is 2.13. The Kier molecular flexibility index (Phi) is 4.42. The summed E-state index contributed by atoms with van der Waals surface area (Å²) in [5, 5.41) is 0. The monoisotopic (exact) mass is 291 g/mol. The maximum atomic E-state index is 12.5. The molecule has 20 heavy (non-hydrogen) atoms. The van der Waals surface area contributed by atoms with Crippen LogP contribution < -0.4 is 10.5 Å². The Labute approximate surface area is 119 Å². The summed E-state index contributed by atoms with van der Waals surface area (Å²) in [6.07, 6.45) is 0. The molecule has 0 aliphatic carbocycles. The third kappa shape index (κ3) is 3.18. The molecule has 2 N–H and O–H groups in total. The highest BCUT2D eigenvalue weighted by Gasteiger charge is 2.19. The number of methoxy groups -OCH3 is 1. The third-order valence-corrected chi connectivity index (χ3v) is 4.71. The number of hydrogen-bond acceptors (Lipinski definition) is 4. The number of ether oxygens (including phenoxy) is 1. The Morgan fingerprint density at radius 2 is 1.75 bits per heavy atom. The van der Waals surface area contributed by atoms with Gasteiger partial charge in [0.05, 0.1) is 12.9 Å². The molecule has 5 heteroatoms. The lowest BCUT2D eigenvalue weighted by molar-refractivity contribution is 0.402. The van der Waals surface area contributed by atoms with Gasteiger partial charge in [-0.2, -0.15) is 0 Å². The molecule has 0 aliphatic rings. The highest BCUT2D eigenvalue weighted by Crippen LogP contribution is 2.26. The second-order valence-corrected chi connectivity index (χ2v) is 6.39. The molecule has 0 aromatic heterocycles. The lowest BCUT2D eigenvalue weighted by Gasteiger charge is -2.10. The minimum Gasteiger partial charge on any atom is -0.495 e. The van der Waals surface area contributed by atoms with Gasteiger partial charge in [0.15, 0.2) is 9.84 Å². The van der Waals surface area contributed by atoms with E-state index >= 15 is 0 Å². The van der Waals surface area contributed by atoms with Crippen molar-refractivity contribution < 1.29 is 13.2 Å². The first kappa shape index (κ1) is 14.6. The van der Waals surface area contributed by atoms with Gasteiger partial charge in [0.1, 0.15) is 10.6 Å². The average Bonchev–Trinajstić information content (AvgIpc) is 2.47. The summed E-state index contributed by atoms with van der Waals surface area (Å²) in [6.45, 7) is 0.391. The van der Waals surface area contributed by atoms with E-state index in [9.17, 15) is 8.42 Å². The Morgan fingerprint density at radius 3 is 2.45 bits per heavy atom. The number of rotatable bonds is 5. The van der Waals surface area contributed by atoms with Gasteiger partial charge in [0.2, 0.25) is 0 Å². The summed E-state index contributed by atoms with van der Waals surface area (Å²) in [5.74, 6) is 0.295. The first-order chi connectivity index (χ1) is 9.56. The predicted molar refractivity (Wildman–Crippen MR) is 78.2 cm³/mol. The Balaban J connectivity index is 2.35.